The van der Waals surface area contributed by atoms with Crippen LogP contribution in [0.4, 0.5) is 33.6 Å². The number of aromatic hydroxyl groups is 1. The molecule has 0 saturated heterocycles. The molecule has 0 aliphatic heterocycles. The van der Waals surface area contributed by atoms with E-state index in [9.17, 15) is 80.3 Å². The van der Waals surface area contributed by atoms with Crippen molar-refractivity contribution in [3.63, 3.8) is 0 Å². The molecule has 8 rings (SSSR count). The van der Waals surface area contributed by atoms with E-state index >= 15 is 0 Å². The summed E-state index contributed by atoms with van der Waals surface area (Å²) >= 11 is 1.78. The lowest BCUT2D eigenvalue weighted by molar-refractivity contribution is 0.282. The second-order valence-corrected chi connectivity index (χ2v) is 26.7. The lowest BCUT2D eigenvalue weighted by Crippen LogP contribution is -2.08. The largest absolute Gasteiger partial charge is 0.493 e. The highest BCUT2D eigenvalue weighted by atomic mass is 32.2. The molecule has 5 aromatic carbocycles. The van der Waals surface area contributed by atoms with Gasteiger partial charge in [-0.3, -0.25) is 27.2 Å². The molecule has 0 spiro atoms. The number of hydrogen-bond donors (Lipinski definition) is 7. The predicted octanol–water partition coefficient (Wildman–Crippen LogP) is 9.26. The molecular formula is C45H40N10O18S7. The minimum atomic E-state index is -4.92. The topological polar surface area (TPSA) is 450 Å². The van der Waals surface area contributed by atoms with Crippen LogP contribution in [0.2, 0.25) is 0 Å². The Bertz CT molecular complexity index is 4640. The summed E-state index contributed by atoms with van der Waals surface area (Å²) in [5, 5.41) is 58.4. The van der Waals surface area contributed by atoms with Crippen molar-refractivity contribution in [2.24, 2.45) is 30.7 Å². The number of thioether (sulfide) groups is 1. The first-order valence-electron chi connectivity index (χ1n) is 22.6. The smallest absolute Gasteiger partial charge is 0.296 e. The van der Waals surface area contributed by atoms with Gasteiger partial charge in [0.1, 0.15) is 43.9 Å². The van der Waals surface area contributed by atoms with Gasteiger partial charge in [-0.15, -0.1) is 37.3 Å². The maximum absolute atomic E-state index is 12.5. The highest BCUT2D eigenvalue weighted by molar-refractivity contribution is 7.99. The van der Waals surface area contributed by atoms with Crippen LogP contribution in [-0.2, 0) is 57.2 Å². The number of aliphatic hydroxyl groups is 1. The van der Waals surface area contributed by atoms with Crippen LogP contribution in [0.5, 0.6) is 11.6 Å². The molecule has 3 aromatic heterocycles. The molecule has 0 amide bonds. The molecule has 0 bridgehead atoms. The lowest BCUT2D eigenvalue weighted by Gasteiger charge is -2.12. The number of imidazole rings is 1. The standard InChI is InChI=1S/C45H40N10O18S7/c1-22-6-9-36(79(67,68)69)39-41(22)55-43(47-39)29(20-46)24(3)38(44(55)57)53-51-32-14-23(2)30(18-34(32)73-10-4-12-76(58,59)60)49-52-33-15-26(21-56)31(19-35(33)74-11-5-13-77(61,62)63)50-54-45-48-40-37(80(70,71)72)16-25-7-8-27(78(64,65)66)17-28(25)42(40)75-45/h6-9,14-19,56-57H,4-5,10-13,21H2,1-3H3,(H,58,59,60)(H,61,62,63)(H,64,65,66)(H,67,68,69)(H,70,71,72). The monoisotopic (exact) mass is 1230 g/mol. The number of fused-ring (bicyclic) bond motifs is 6. The van der Waals surface area contributed by atoms with E-state index in [0.29, 0.717) is 11.1 Å². The summed E-state index contributed by atoms with van der Waals surface area (Å²) in [6.07, 6.45) is -0.274. The number of benzene rings is 5. The van der Waals surface area contributed by atoms with Gasteiger partial charge in [0, 0.05) is 27.5 Å². The van der Waals surface area contributed by atoms with Gasteiger partial charge >= 0.3 is 0 Å². The molecule has 80 heavy (non-hydrogen) atoms. The van der Waals surface area contributed by atoms with Gasteiger partial charge in [-0.25, -0.2) is 9.97 Å². The van der Waals surface area contributed by atoms with Crippen LogP contribution in [0.3, 0.4) is 0 Å². The Kier molecular flexibility index (Phi) is 16.6. The lowest BCUT2D eigenvalue weighted by atomic mass is 10.1. The van der Waals surface area contributed by atoms with Crippen molar-refractivity contribution in [1.82, 2.24) is 14.4 Å². The summed E-state index contributed by atoms with van der Waals surface area (Å²) in [5.41, 5.74) is -0.0986. The molecule has 7 N–H and O–H groups in total. The van der Waals surface area contributed by atoms with E-state index in [2.05, 4.69) is 40.7 Å². The fourth-order valence-electron chi connectivity index (χ4n) is 7.97. The number of rotatable bonds is 20. The number of ether oxygens (including phenoxy) is 1. The highest BCUT2D eigenvalue weighted by Crippen LogP contribution is 2.45. The van der Waals surface area contributed by atoms with Crippen LogP contribution in [-0.4, -0.2) is 113 Å². The number of azo groups is 3. The van der Waals surface area contributed by atoms with Crippen LogP contribution in [0.25, 0.3) is 37.7 Å². The summed E-state index contributed by atoms with van der Waals surface area (Å²) in [6.45, 7) is 3.56. The van der Waals surface area contributed by atoms with Gasteiger partial charge in [-0.1, -0.05) is 23.5 Å². The van der Waals surface area contributed by atoms with E-state index in [4.69, 9.17) is 4.74 Å². The third-order valence-electron chi connectivity index (χ3n) is 11.7. The predicted molar refractivity (Wildman–Crippen MR) is 289 cm³/mol. The number of aromatic nitrogens is 3. The molecule has 0 fully saturated rings. The van der Waals surface area contributed by atoms with E-state index in [1.165, 1.54) is 43.3 Å². The molecule has 0 radical (unpaired) electrons. The van der Waals surface area contributed by atoms with E-state index in [-0.39, 0.29) is 124 Å². The van der Waals surface area contributed by atoms with Crippen molar-refractivity contribution >= 4 is 145 Å². The molecule has 0 saturated carbocycles. The normalized spacial score (nSPS) is 13.1. The number of hydrogen-bond acceptors (Lipinski definition) is 24. The molecule has 0 unspecified atom stereocenters. The minimum Gasteiger partial charge on any atom is -0.493 e. The third kappa shape index (κ3) is 12.9. The number of pyridine rings is 1. The van der Waals surface area contributed by atoms with Crippen LogP contribution < -0.4 is 4.74 Å². The van der Waals surface area contributed by atoms with Gasteiger partial charge in [0.05, 0.1) is 56.9 Å². The van der Waals surface area contributed by atoms with Gasteiger partial charge in [0.15, 0.2) is 11.3 Å². The second-order valence-electron chi connectivity index (χ2n) is 17.3. The molecule has 3 heterocycles. The Morgan fingerprint density at radius 2 is 1.35 bits per heavy atom. The fourth-order valence-corrected chi connectivity index (χ4v) is 12.9. The van der Waals surface area contributed by atoms with Gasteiger partial charge in [-0.2, -0.15) is 52.5 Å². The highest BCUT2D eigenvalue weighted by Gasteiger charge is 2.27. The van der Waals surface area contributed by atoms with Crippen molar-refractivity contribution in [3.05, 3.63) is 88.5 Å². The van der Waals surface area contributed by atoms with Gasteiger partial charge in [0.2, 0.25) is 11.0 Å². The van der Waals surface area contributed by atoms with Crippen LogP contribution in [0.1, 0.15) is 40.7 Å². The van der Waals surface area contributed by atoms with Crippen LogP contribution in [0, 0.1) is 32.1 Å². The zero-order valence-electron chi connectivity index (χ0n) is 41.2. The van der Waals surface area contributed by atoms with E-state index < -0.39 is 89.3 Å². The van der Waals surface area contributed by atoms with Crippen molar-refractivity contribution in [2.45, 2.75) is 59.8 Å². The van der Waals surface area contributed by atoms with E-state index in [1.807, 2.05) is 6.07 Å². The minimum absolute atomic E-state index is 0.00971. The van der Waals surface area contributed by atoms with Gasteiger partial charge < -0.3 is 14.9 Å². The average Bonchev–Trinajstić information content (AvgIpc) is 4.20. The fraction of sp³-hybridized carbons (Fsp3) is 0.222. The van der Waals surface area contributed by atoms with Crippen molar-refractivity contribution < 1.29 is 79.8 Å². The average molecular weight is 1230 g/mol. The number of aliphatic hydroxyl groups excluding tert-OH is 1. The Hall–Kier alpha value is -7.05. The first-order valence-corrected chi connectivity index (χ1v) is 31.9. The van der Waals surface area contributed by atoms with E-state index in [0.717, 1.165) is 51.8 Å². The number of nitriles is 1. The summed E-state index contributed by atoms with van der Waals surface area (Å²) in [7, 11) is -23.2. The maximum atomic E-state index is 12.5. The van der Waals surface area contributed by atoms with Gasteiger partial charge in [0.25, 0.3) is 50.6 Å². The molecule has 0 aliphatic rings. The first kappa shape index (κ1) is 59.1. The van der Waals surface area contributed by atoms with Crippen LogP contribution in [0.15, 0.2) is 111 Å². The summed E-state index contributed by atoms with van der Waals surface area (Å²) in [5.74, 6) is -1.96. The molecule has 35 heteroatoms. The molecule has 0 aliphatic carbocycles. The molecule has 0 atom stereocenters. The second kappa shape index (κ2) is 22.5. The Labute approximate surface area is 462 Å². The Morgan fingerprint density at radius 1 is 0.688 bits per heavy atom. The maximum Gasteiger partial charge on any atom is 0.296 e. The quantitative estimate of drug-likeness (QED) is 0.0162. The summed E-state index contributed by atoms with van der Waals surface area (Å²) in [4.78, 5) is 7.04. The zero-order valence-corrected chi connectivity index (χ0v) is 46.9. The number of nitrogens with zero attached hydrogens (tertiary/aromatic N) is 10. The van der Waals surface area contributed by atoms with Crippen molar-refractivity contribution in [1.29, 1.82) is 5.26 Å². The molecule has 28 nitrogen and oxygen atoms in total. The molecular weight excluding hydrogens is 1190 g/mol. The number of aryl methyl sites for hydroxylation is 2. The summed E-state index contributed by atoms with van der Waals surface area (Å²) in [6, 6.07) is 14.4. The Balaban J connectivity index is 1.20. The Morgan fingerprint density at radius 3 is 2.00 bits per heavy atom. The zero-order chi connectivity index (χ0) is 58.4. The van der Waals surface area contributed by atoms with Crippen molar-refractivity contribution in [3.8, 4) is 17.7 Å². The molecule has 8 aromatic rings. The molecule has 420 valence electrons. The first-order chi connectivity index (χ1) is 37.4. The summed E-state index contributed by atoms with van der Waals surface area (Å²) < 4.78 is 175. The number of thiazole rings is 1. The van der Waals surface area contributed by atoms with E-state index in [1.54, 1.807) is 13.8 Å². The van der Waals surface area contributed by atoms with Crippen LogP contribution >= 0.6 is 23.1 Å². The SMILES string of the molecule is Cc1cc(N=Nc2c(C)c(C#N)c3nc4c(S(=O)(=O)O)ccc(C)c4n3c2O)c(OCCCS(=O)(=O)O)cc1N=Nc1cc(CO)c(N=Nc2nc3c(S(=O)(=O)O)cc4ccc(S(=O)(=O)O)cc4c3s2)cc1SCCCS(=O)(=O)O. The third-order valence-corrected chi connectivity index (χ3v) is 18.0. The van der Waals surface area contributed by atoms with Gasteiger partial charge in [-0.05, 0) is 98.3 Å². The van der Waals surface area contributed by atoms with Crippen molar-refractivity contribution in [2.75, 3.05) is 23.9 Å².